The van der Waals surface area contributed by atoms with Crippen molar-refractivity contribution < 1.29 is 14.3 Å². The van der Waals surface area contributed by atoms with Crippen LogP contribution in [0.5, 0.6) is 0 Å². The predicted octanol–water partition coefficient (Wildman–Crippen LogP) is 2.83. The minimum absolute atomic E-state index is 0.0188. The third-order valence-electron chi connectivity index (χ3n) is 6.35. The molecule has 158 valence electrons. The molecule has 7 heteroatoms. The molecule has 1 aromatic carbocycles. The molecule has 2 fully saturated rings. The Hall–Kier alpha value is -3.32. The molecule has 2 aliphatic heterocycles. The summed E-state index contributed by atoms with van der Waals surface area (Å²) in [4.78, 5) is 38.1. The summed E-state index contributed by atoms with van der Waals surface area (Å²) in [6, 6.07) is 15.4. The van der Waals surface area contributed by atoms with Gasteiger partial charge in [0.15, 0.2) is 6.10 Å². The van der Waals surface area contributed by atoms with Gasteiger partial charge in [0.1, 0.15) is 5.69 Å². The Labute approximate surface area is 180 Å². The first-order valence-electron chi connectivity index (χ1n) is 10.6. The molecule has 0 bridgehead atoms. The van der Waals surface area contributed by atoms with Gasteiger partial charge in [-0.2, -0.15) is 0 Å². The zero-order chi connectivity index (χ0) is 21.4. The molecule has 5 rings (SSSR count). The molecule has 0 spiro atoms. The minimum Gasteiger partial charge on any atom is -0.369 e. The summed E-state index contributed by atoms with van der Waals surface area (Å²) in [5.41, 5.74) is 2.31. The first kappa shape index (κ1) is 19.6. The van der Waals surface area contributed by atoms with Crippen LogP contribution in [0.25, 0.3) is 10.9 Å². The van der Waals surface area contributed by atoms with Gasteiger partial charge in [-0.25, -0.2) is 4.98 Å². The van der Waals surface area contributed by atoms with E-state index in [0.717, 1.165) is 29.3 Å². The second kappa shape index (κ2) is 8.07. The third-order valence-corrected chi connectivity index (χ3v) is 6.35. The van der Waals surface area contributed by atoms with Crippen LogP contribution in [0.1, 0.15) is 34.9 Å². The molecule has 7 nitrogen and oxygen atoms in total. The SMILES string of the molecule is CO[C@H]1C(=O)N(C2CCN(C(=O)c3ccc4ccccc4n3)CC2)[C@H]1c1ccncc1. The lowest BCUT2D eigenvalue weighted by molar-refractivity contribution is -0.178. The maximum atomic E-state index is 13.0. The third kappa shape index (κ3) is 3.45. The molecular weight excluding hydrogens is 392 g/mol. The monoisotopic (exact) mass is 416 g/mol. The number of hydrogen-bond donors (Lipinski definition) is 0. The number of likely N-dealkylation sites (tertiary alicyclic amines) is 2. The molecule has 0 aliphatic carbocycles. The van der Waals surface area contributed by atoms with E-state index >= 15 is 0 Å². The standard InChI is InChI=1S/C24H24N4O3/c1-31-22-21(17-8-12-25-13-9-17)28(24(22)30)18-10-14-27(15-11-18)23(29)20-7-6-16-4-2-3-5-19(16)26-20/h2-9,12-13,18,21-22H,10-11,14-15H2,1H3/t21-,22+/m0/s1. The average molecular weight is 416 g/mol. The summed E-state index contributed by atoms with van der Waals surface area (Å²) >= 11 is 0. The smallest absolute Gasteiger partial charge is 0.272 e. The van der Waals surface area contributed by atoms with Crippen LogP contribution in [-0.4, -0.2) is 63.9 Å². The van der Waals surface area contributed by atoms with Gasteiger partial charge >= 0.3 is 0 Å². The number of carbonyl (C=O) groups excluding carboxylic acids is 2. The number of hydrogen-bond acceptors (Lipinski definition) is 5. The molecule has 0 unspecified atom stereocenters. The van der Waals surface area contributed by atoms with Gasteiger partial charge in [-0.15, -0.1) is 0 Å². The molecular formula is C24H24N4O3. The van der Waals surface area contributed by atoms with Crippen LogP contribution in [0.3, 0.4) is 0 Å². The molecule has 3 aromatic rings. The van der Waals surface area contributed by atoms with Gasteiger partial charge in [0.05, 0.1) is 11.6 Å². The molecule has 2 aliphatic rings. The lowest BCUT2D eigenvalue weighted by Crippen LogP contribution is -2.64. The highest BCUT2D eigenvalue weighted by atomic mass is 16.5. The number of pyridine rings is 2. The Kier molecular flexibility index (Phi) is 5.11. The molecule has 0 N–H and O–H groups in total. The van der Waals surface area contributed by atoms with Gasteiger partial charge in [-0.3, -0.25) is 14.6 Å². The van der Waals surface area contributed by atoms with E-state index < -0.39 is 6.10 Å². The zero-order valence-corrected chi connectivity index (χ0v) is 17.3. The van der Waals surface area contributed by atoms with Gasteiger partial charge in [-0.1, -0.05) is 24.3 Å². The number of ether oxygens (including phenoxy) is 1. The van der Waals surface area contributed by atoms with Crippen molar-refractivity contribution in [3.05, 3.63) is 72.2 Å². The van der Waals surface area contributed by atoms with E-state index in [1.807, 2.05) is 52.3 Å². The number of para-hydroxylation sites is 1. The Bertz CT molecular complexity index is 1110. The van der Waals surface area contributed by atoms with E-state index in [0.29, 0.717) is 18.8 Å². The number of nitrogens with zero attached hydrogens (tertiary/aromatic N) is 4. The Morgan fingerprint density at radius 1 is 1.03 bits per heavy atom. The molecule has 0 radical (unpaired) electrons. The molecule has 31 heavy (non-hydrogen) atoms. The molecule has 2 amide bonds. The number of amides is 2. The number of β-lactam (4-membered cyclic amide) rings is 1. The second-order valence-electron chi connectivity index (χ2n) is 8.04. The number of rotatable bonds is 4. The molecule has 2 aromatic heterocycles. The van der Waals surface area contributed by atoms with Gasteiger partial charge in [0.25, 0.3) is 11.8 Å². The van der Waals surface area contributed by atoms with Gasteiger partial charge < -0.3 is 14.5 Å². The van der Waals surface area contributed by atoms with Crippen molar-refractivity contribution in [1.82, 2.24) is 19.8 Å². The van der Waals surface area contributed by atoms with Crippen LogP contribution in [0.2, 0.25) is 0 Å². The van der Waals surface area contributed by atoms with E-state index in [1.54, 1.807) is 25.6 Å². The van der Waals surface area contributed by atoms with Gasteiger partial charge in [0.2, 0.25) is 0 Å². The van der Waals surface area contributed by atoms with E-state index in [2.05, 4.69) is 9.97 Å². The van der Waals surface area contributed by atoms with Crippen molar-refractivity contribution in [3.8, 4) is 0 Å². The topological polar surface area (TPSA) is 75.6 Å². The highest BCUT2D eigenvalue weighted by Gasteiger charge is 2.51. The molecule has 4 heterocycles. The number of fused-ring (bicyclic) bond motifs is 1. The Morgan fingerprint density at radius 3 is 2.52 bits per heavy atom. The maximum Gasteiger partial charge on any atom is 0.272 e. The summed E-state index contributed by atoms with van der Waals surface area (Å²) < 4.78 is 5.45. The number of piperidine rings is 1. The number of carbonyl (C=O) groups is 2. The fourth-order valence-corrected chi connectivity index (χ4v) is 4.71. The molecule has 0 saturated carbocycles. The van der Waals surface area contributed by atoms with Crippen molar-refractivity contribution in [2.75, 3.05) is 20.2 Å². The summed E-state index contributed by atoms with van der Waals surface area (Å²) in [5.74, 6) is -0.0372. The van der Waals surface area contributed by atoms with Crippen molar-refractivity contribution in [1.29, 1.82) is 0 Å². The normalized spacial score (nSPS) is 21.9. The largest absolute Gasteiger partial charge is 0.369 e. The van der Waals surface area contributed by atoms with Crippen LogP contribution < -0.4 is 0 Å². The van der Waals surface area contributed by atoms with E-state index in [1.165, 1.54) is 0 Å². The molecule has 2 saturated heterocycles. The highest BCUT2D eigenvalue weighted by Crippen LogP contribution is 2.40. The molecule has 2 atom stereocenters. The van der Waals surface area contributed by atoms with Crippen LogP contribution >= 0.6 is 0 Å². The van der Waals surface area contributed by atoms with E-state index in [4.69, 9.17) is 4.74 Å². The number of benzene rings is 1. The van der Waals surface area contributed by atoms with E-state index in [-0.39, 0.29) is 23.9 Å². The predicted molar refractivity (Wildman–Crippen MR) is 115 cm³/mol. The first-order valence-corrected chi connectivity index (χ1v) is 10.6. The summed E-state index contributed by atoms with van der Waals surface area (Å²) in [7, 11) is 1.58. The Morgan fingerprint density at radius 2 is 1.77 bits per heavy atom. The van der Waals surface area contributed by atoms with E-state index in [9.17, 15) is 9.59 Å². The van der Waals surface area contributed by atoms with Crippen LogP contribution in [0, 0.1) is 0 Å². The number of aromatic nitrogens is 2. The van der Waals surface area contributed by atoms with Crippen molar-refractivity contribution in [3.63, 3.8) is 0 Å². The van der Waals surface area contributed by atoms with Crippen LogP contribution in [0.15, 0.2) is 60.9 Å². The first-order chi connectivity index (χ1) is 15.2. The summed E-state index contributed by atoms with van der Waals surface area (Å²) in [6.07, 6.45) is 4.50. The Balaban J connectivity index is 1.28. The zero-order valence-electron chi connectivity index (χ0n) is 17.3. The van der Waals surface area contributed by atoms with Crippen LogP contribution in [-0.2, 0) is 9.53 Å². The van der Waals surface area contributed by atoms with Gasteiger partial charge in [0, 0.05) is 44.0 Å². The lowest BCUT2D eigenvalue weighted by atomic mass is 9.86. The van der Waals surface area contributed by atoms with Crippen molar-refractivity contribution >= 4 is 22.7 Å². The summed E-state index contributed by atoms with van der Waals surface area (Å²) in [6.45, 7) is 1.20. The maximum absolute atomic E-state index is 13.0. The fourth-order valence-electron chi connectivity index (χ4n) is 4.71. The lowest BCUT2D eigenvalue weighted by Gasteiger charge is -2.52. The average Bonchev–Trinajstić information content (AvgIpc) is 2.83. The highest BCUT2D eigenvalue weighted by molar-refractivity contribution is 5.95. The summed E-state index contributed by atoms with van der Waals surface area (Å²) in [5, 5.41) is 1.02. The van der Waals surface area contributed by atoms with Crippen molar-refractivity contribution in [2.45, 2.75) is 31.0 Å². The second-order valence-corrected chi connectivity index (χ2v) is 8.04. The van der Waals surface area contributed by atoms with Crippen molar-refractivity contribution in [2.24, 2.45) is 0 Å². The minimum atomic E-state index is -0.455. The fraction of sp³-hybridized carbons (Fsp3) is 0.333. The van der Waals surface area contributed by atoms with Gasteiger partial charge in [-0.05, 0) is 42.7 Å². The van der Waals surface area contributed by atoms with Crippen LogP contribution in [0.4, 0.5) is 0 Å². The number of methoxy groups -OCH3 is 1. The quantitative estimate of drug-likeness (QED) is 0.612.